The number of oxime groups is 1. The number of aryl methyl sites for hydroxylation is 1. The minimum Gasteiger partial charge on any atom is -0.409 e. The van der Waals surface area contributed by atoms with E-state index in [0.717, 1.165) is 30.1 Å². The number of thioether (sulfide) groups is 1. The molecule has 4 nitrogen and oxygen atoms in total. The fourth-order valence-corrected chi connectivity index (χ4v) is 2.57. The van der Waals surface area contributed by atoms with Gasteiger partial charge in [0.25, 0.3) is 0 Å². The monoisotopic (exact) mass is 268 g/mol. The van der Waals surface area contributed by atoms with Crippen LogP contribution in [0.25, 0.3) is 0 Å². The first-order valence-corrected chi connectivity index (χ1v) is 6.98. The van der Waals surface area contributed by atoms with Crippen LogP contribution in [0.1, 0.15) is 23.1 Å². The highest BCUT2D eigenvalue weighted by atomic mass is 32.2. The molecule has 1 rings (SSSR count). The van der Waals surface area contributed by atoms with E-state index in [-0.39, 0.29) is 5.84 Å². The standard InChI is InChI=1S/C13H20N2O2S/c1-10-8-11(13(14)15-16)4-5-12(10)9-18-7-3-6-17-2/h4-5,8,16H,3,6-7,9H2,1-2H3,(H2,14,15). The topological polar surface area (TPSA) is 67.8 Å². The molecule has 0 amide bonds. The van der Waals surface area contributed by atoms with Crippen LogP contribution in [0.3, 0.4) is 0 Å². The third kappa shape index (κ3) is 4.58. The first-order chi connectivity index (χ1) is 8.69. The van der Waals surface area contributed by atoms with Crippen molar-refractivity contribution in [3.05, 3.63) is 34.9 Å². The lowest BCUT2D eigenvalue weighted by Crippen LogP contribution is -2.13. The van der Waals surface area contributed by atoms with Crippen LogP contribution in [-0.4, -0.2) is 30.5 Å². The molecule has 0 saturated carbocycles. The van der Waals surface area contributed by atoms with Crippen LogP contribution in [-0.2, 0) is 10.5 Å². The Balaban J connectivity index is 2.52. The molecule has 0 radical (unpaired) electrons. The van der Waals surface area contributed by atoms with Crippen LogP contribution < -0.4 is 5.73 Å². The first-order valence-electron chi connectivity index (χ1n) is 5.83. The SMILES string of the molecule is COCCCSCc1ccc(/C(N)=N/O)cc1C. The van der Waals surface area contributed by atoms with Gasteiger partial charge < -0.3 is 15.7 Å². The van der Waals surface area contributed by atoms with E-state index in [0.29, 0.717) is 0 Å². The summed E-state index contributed by atoms with van der Waals surface area (Å²) in [5.41, 5.74) is 8.75. The minimum atomic E-state index is 0.150. The molecule has 0 spiro atoms. The molecular weight excluding hydrogens is 248 g/mol. The van der Waals surface area contributed by atoms with E-state index in [1.165, 1.54) is 11.1 Å². The fourth-order valence-electron chi connectivity index (χ4n) is 1.56. The molecule has 0 heterocycles. The predicted octanol–water partition coefficient (Wildman–Crippen LogP) is 2.36. The van der Waals surface area contributed by atoms with Gasteiger partial charge in [0, 0.05) is 25.0 Å². The predicted molar refractivity (Wildman–Crippen MR) is 76.3 cm³/mol. The summed E-state index contributed by atoms with van der Waals surface area (Å²) >= 11 is 1.89. The zero-order chi connectivity index (χ0) is 13.4. The van der Waals surface area contributed by atoms with Crippen molar-refractivity contribution < 1.29 is 9.94 Å². The average molecular weight is 268 g/mol. The smallest absolute Gasteiger partial charge is 0.170 e. The Morgan fingerprint density at radius 1 is 1.50 bits per heavy atom. The second-order valence-electron chi connectivity index (χ2n) is 4.03. The summed E-state index contributed by atoms with van der Waals surface area (Å²) in [5, 5.41) is 11.6. The molecule has 0 aliphatic heterocycles. The van der Waals surface area contributed by atoms with Gasteiger partial charge in [-0.25, -0.2) is 0 Å². The number of benzene rings is 1. The Morgan fingerprint density at radius 2 is 2.28 bits per heavy atom. The summed E-state index contributed by atoms with van der Waals surface area (Å²) in [6.45, 7) is 2.85. The van der Waals surface area contributed by atoms with Crippen molar-refractivity contribution in [2.75, 3.05) is 19.5 Å². The minimum absolute atomic E-state index is 0.150. The van der Waals surface area contributed by atoms with Crippen LogP contribution in [0.4, 0.5) is 0 Å². The van der Waals surface area contributed by atoms with E-state index >= 15 is 0 Å². The Bertz CT molecular complexity index is 408. The fraction of sp³-hybridized carbons (Fsp3) is 0.462. The van der Waals surface area contributed by atoms with Crippen LogP contribution >= 0.6 is 11.8 Å². The number of hydrogen-bond acceptors (Lipinski definition) is 4. The highest BCUT2D eigenvalue weighted by Gasteiger charge is 2.03. The van der Waals surface area contributed by atoms with E-state index in [4.69, 9.17) is 15.7 Å². The van der Waals surface area contributed by atoms with Crippen molar-refractivity contribution in [2.24, 2.45) is 10.9 Å². The van der Waals surface area contributed by atoms with Gasteiger partial charge in [-0.15, -0.1) is 0 Å². The summed E-state index contributed by atoms with van der Waals surface area (Å²) in [6.07, 6.45) is 1.07. The number of nitrogens with two attached hydrogens (primary N) is 1. The molecule has 18 heavy (non-hydrogen) atoms. The first kappa shape index (κ1) is 14.9. The summed E-state index contributed by atoms with van der Waals surface area (Å²) in [4.78, 5) is 0. The number of ether oxygens (including phenoxy) is 1. The molecule has 0 saturated heterocycles. The molecule has 0 bridgehead atoms. The van der Waals surface area contributed by atoms with Crippen molar-refractivity contribution in [3.63, 3.8) is 0 Å². The zero-order valence-corrected chi connectivity index (χ0v) is 11.7. The lowest BCUT2D eigenvalue weighted by Gasteiger charge is -2.08. The number of amidine groups is 1. The van der Waals surface area contributed by atoms with Crippen molar-refractivity contribution in [1.29, 1.82) is 0 Å². The molecule has 0 aromatic heterocycles. The summed E-state index contributed by atoms with van der Waals surface area (Å²) in [5.74, 6) is 2.22. The van der Waals surface area contributed by atoms with Gasteiger partial charge in [0.05, 0.1) is 0 Å². The Hall–Kier alpha value is -1.20. The molecule has 0 aliphatic carbocycles. The van der Waals surface area contributed by atoms with E-state index in [2.05, 4.69) is 5.16 Å². The lowest BCUT2D eigenvalue weighted by atomic mass is 10.1. The van der Waals surface area contributed by atoms with E-state index in [9.17, 15) is 0 Å². The largest absolute Gasteiger partial charge is 0.409 e. The molecule has 1 aromatic rings. The maximum Gasteiger partial charge on any atom is 0.170 e. The van der Waals surface area contributed by atoms with Gasteiger partial charge in [0.15, 0.2) is 5.84 Å². The third-order valence-electron chi connectivity index (χ3n) is 2.64. The Kier molecular flexibility index (Phi) is 6.60. The normalized spacial score (nSPS) is 11.8. The maximum atomic E-state index is 8.62. The molecule has 0 fully saturated rings. The van der Waals surface area contributed by atoms with Crippen LogP contribution in [0.5, 0.6) is 0 Å². The van der Waals surface area contributed by atoms with Gasteiger partial charge in [-0.2, -0.15) is 11.8 Å². The summed E-state index contributed by atoms with van der Waals surface area (Å²) in [7, 11) is 1.72. The van der Waals surface area contributed by atoms with Gasteiger partial charge in [-0.3, -0.25) is 0 Å². The summed E-state index contributed by atoms with van der Waals surface area (Å²) in [6, 6.07) is 5.86. The molecule has 100 valence electrons. The second-order valence-corrected chi connectivity index (χ2v) is 5.13. The molecule has 0 aliphatic rings. The molecular formula is C13H20N2O2S. The van der Waals surface area contributed by atoms with Gasteiger partial charge in [0.1, 0.15) is 0 Å². The number of nitrogens with zero attached hydrogens (tertiary/aromatic N) is 1. The van der Waals surface area contributed by atoms with Crippen LogP contribution in [0.15, 0.2) is 23.4 Å². The number of rotatable bonds is 7. The van der Waals surface area contributed by atoms with E-state index in [1.807, 2.05) is 36.9 Å². The molecule has 1 aromatic carbocycles. The Morgan fingerprint density at radius 3 is 2.89 bits per heavy atom. The van der Waals surface area contributed by atoms with Crippen molar-refractivity contribution >= 4 is 17.6 Å². The molecule has 0 atom stereocenters. The molecule has 3 N–H and O–H groups in total. The quantitative estimate of drug-likeness (QED) is 0.262. The highest BCUT2D eigenvalue weighted by molar-refractivity contribution is 7.98. The lowest BCUT2D eigenvalue weighted by molar-refractivity contribution is 0.200. The second kappa shape index (κ2) is 8.00. The van der Waals surface area contributed by atoms with Crippen LogP contribution in [0.2, 0.25) is 0 Å². The zero-order valence-electron chi connectivity index (χ0n) is 10.8. The van der Waals surface area contributed by atoms with Gasteiger partial charge in [0.2, 0.25) is 0 Å². The summed E-state index contributed by atoms with van der Waals surface area (Å²) < 4.78 is 5.01. The molecule has 0 unspecified atom stereocenters. The van der Waals surface area contributed by atoms with Crippen molar-refractivity contribution in [3.8, 4) is 0 Å². The number of hydrogen-bond donors (Lipinski definition) is 2. The number of methoxy groups -OCH3 is 1. The van der Waals surface area contributed by atoms with Gasteiger partial charge >= 0.3 is 0 Å². The van der Waals surface area contributed by atoms with Crippen molar-refractivity contribution in [1.82, 2.24) is 0 Å². The Labute approximate surface area is 112 Å². The van der Waals surface area contributed by atoms with Crippen LogP contribution in [0, 0.1) is 6.92 Å². The molecule has 5 heteroatoms. The highest BCUT2D eigenvalue weighted by Crippen LogP contribution is 2.18. The third-order valence-corrected chi connectivity index (χ3v) is 3.73. The van der Waals surface area contributed by atoms with Crippen molar-refractivity contribution in [2.45, 2.75) is 19.1 Å². The van der Waals surface area contributed by atoms with Gasteiger partial charge in [-0.05, 0) is 36.3 Å². The van der Waals surface area contributed by atoms with Gasteiger partial charge in [-0.1, -0.05) is 17.3 Å². The maximum absolute atomic E-state index is 8.62. The average Bonchev–Trinajstić information content (AvgIpc) is 2.39. The van der Waals surface area contributed by atoms with E-state index < -0.39 is 0 Å². The van der Waals surface area contributed by atoms with E-state index in [1.54, 1.807) is 7.11 Å².